The zero-order valence-electron chi connectivity index (χ0n) is 18.8. The number of carbonyl (C=O) groups excluding carboxylic acids is 2. The molecule has 3 aromatic rings. The summed E-state index contributed by atoms with van der Waals surface area (Å²) < 4.78 is 6.11. The van der Waals surface area contributed by atoms with Crippen LogP contribution in [0.25, 0.3) is 0 Å². The van der Waals surface area contributed by atoms with Crippen LogP contribution in [0.3, 0.4) is 0 Å². The van der Waals surface area contributed by atoms with Crippen molar-refractivity contribution < 1.29 is 14.0 Å². The lowest BCUT2D eigenvalue weighted by Gasteiger charge is -2.28. The fourth-order valence-corrected chi connectivity index (χ4v) is 4.80. The third-order valence-electron chi connectivity index (χ3n) is 6.40. The average molecular weight is 442 g/mol. The molecular weight excluding hydrogens is 414 g/mol. The van der Waals surface area contributed by atoms with Crippen LogP contribution in [0.2, 0.25) is 0 Å². The summed E-state index contributed by atoms with van der Waals surface area (Å²) in [5.41, 5.74) is 8.23. The minimum absolute atomic E-state index is 0.110. The molecule has 0 saturated heterocycles. The lowest BCUT2D eigenvalue weighted by atomic mass is 9.93. The van der Waals surface area contributed by atoms with Gasteiger partial charge in [0.25, 0.3) is 5.91 Å². The van der Waals surface area contributed by atoms with E-state index in [0.717, 1.165) is 66.0 Å². The molecule has 1 N–H and O–H groups in total. The van der Waals surface area contributed by atoms with E-state index in [1.165, 1.54) is 5.56 Å². The summed E-state index contributed by atoms with van der Waals surface area (Å²) in [5, 5.41) is 4.43. The Kier molecular flexibility index (Phi) is 5.82. The van der Waals surface area contributed by atoms with E-state index in [9.17, 15) is 9.59 Å². The third-order valence-corrected chi connectivity index (χ3v) is 6.40. The summed E-state index contributed by atoms with van der Waals surface area (Å²) in [6.07, 6.45) is 4.55. The van der Waals surface area contributed by atoms with E-state index < -0.39 is 0 Å². The van der Waals surface area contributed by atoms with Crippen LogP contribution < -0.4 is 10.3 Å². The molecule has 5 rings (SSSR count). The SMILES string of the molecule is Cc1c(C(=O)N2CCCc3ccccc32)oc2c1/C(=N/NC(=O)Cc1ccccc1)CCC2. The van der Waals surface area contributed by atoms with Crippen molar-refractivity contribution >= 4 is 23.2 Å². The van der Waals surface area contributed by atoms with Crippen LogP contribution in [0.15, 0.2) is 64.1 Å². The Balaban J connectivity index is 1.39. The first kappa shape index (κ1) is 21.2. The fraction of sp³-hybridized carbons (Fsp3) is 0.296. The summed E-state index contributed by atoms with van der Waals surface area (Å²) in [5.74, 6) is 0.884. The summed E-state index contributed by atoms with van der Waals surface area (Å²) in [4.78, 5) is 27.7. The van der Waals surface area contributed by atoms with Gasteiger partial charge in [0, 0.05) is 29.8 Å². The van der Waals surface area contributed by atoms with Crippen LogP contribution >= 0.6 is 0 Å². The highest BCUT2D eigenvalue weighted by Gasteiger charge is 2.32. The zero-order valence-corrected chi connectivity index (χ0v) is 18.8. The molecule has 33 heavy (non-hydrogen) atoms. The summed E-state index contributed by atoms with van der Waals surface area (Å²) in [6.45, 7) is 2.59. The molecule has 2 heterocycles. The van der Waals surface area contributed by atoms with Gasteiger partial charge in [0.05, 0.1) is 12.1 Å². The molecule has 0 atom stereocenters. The van der Waals surface area contributed by atoms with E-state index in [1.54, 1.807) is 0 Å². The van der Waals surface area contributed by atoms with Crippen molar-refractivity contribution in [2.24, 2.45) is 5.10 Å². The molecule has 0 saturated carbocycles. The van der Waals surface area contributed by atoms with Gasteiger partial charge >= 0.3 is 0 Å². The van der Waals surface area contributed by atoms with Gasteiger partial charge in [0.1, 0.15) is 5.76 Å². The lowest BCUT2D eigenvalue weighted by Crippen LogP contribution is -2.35. The number of aryl methyl sites for hydroxylation is 2. The van der Waals surface area contributed by atoms with Crippen LogP contribution in [-0.4, -0.2) is 24.1 Å². The summed E-state index contributed by atoms with van der Waals surface area (Å²) >= 11 is 0. The highest BCUT2D eigenvalue weighted by molar-refractivity contribution is 6.10. The van der Waals surface area contributed by atoms with Crippen molar-refractivity contribution in [3.63, 3.8) is 0 Å². The molecule has 0 bridgehead atoms. The monoisotopic (exact) mass is 441 g/mol. The first-order valence-electron chi connectivity index (χ1n) is 11.5. The first-order valence-corrected chi connectivity index (χ1v) is 11.5. The summed E-state index contributed by atoms with van der Waals surface area (Å²) in [7, 11) is 0. The molecule has 2 aromatic carbocycles. The van der Waals surface area contributed by atoms with Gasteiger partial charge in [0.2, 0.25) is 5.91 Å². The molecule has 1 aromatic heterocycles. The highest BCUT2D eigenvalue weighted by atomic mass is 16.4. The first-order chi connectivity index (χ1) is 16.1. The Hall–Kier alpha value is -3.67. The van der Waals surface area contributed by atoms with Crippen molar-refractivity contribution in [3.8, 4) is 0 Å². The smallest absolute Gasteiger partial charge is 0.294 e. The number of rotatable bonds is 4. The largest absolute Gasteiger partial charge is 0.455 e. The Labute approximate surface area is 193 Å². The van der Waals surface area contributed by atoms with Gasteiger partial charge in [-0.05, 0) is 49.8 Å². The molecule has 6 nitrogen and oxygen atoms in total. The van der Waals surface area contributed by atoms with E-state index >= 15 is 0 Å². The molecule has 1 aliphatic heterocycles. The van der Waals surface area contributed by atoms with E-state index in [2.05, 4.69) is 16.6 Å². The molecule has 0 radical (unpaired) electrons. The second-order valence-corrected chi connectivity index (χ2v) is 8.65. The fourth-order valence-electron chi connectivity index (χ4n) is 4.80. The predicted molar refractivity (Wildman–Crippen MR) is 128 cm³/mol. The van der Waals surface area contributed by atoms with Gasteiger partial charge in [-0.1, -0.05) is 48.5 Å². The van der Waals surface area contributed by atoms with E-state index in [1.807, 2.05) is 60.4 Å². The average Bonchev–Trinajstić information content (AvgIpc) is 3.19. The van der Waals surface area contributed by atoms with E-state index in [4.69, 9.17) is 4.42 Å². The van der Waals surface area contributed by atoms with Crippen molar-refractivity contribution in [1.82, 2.24) is 5.43 Å². The second-order valence-electron chi connectivity index (χ2n) is 8.65. The molecule has 2 amide bonds. The van der Waals surface area contributed by atoms with Gasteiger partial charge in [-0.3, -0.25) is 9.59 Å². The van der Waals surface area contributed by atoms with Crippen LogP contribution in [0, 0.1) is 6.92 Å². The van der Waals surface area contributed by atoms with Crippen molar-refractivity contribution in [3.05, 3.63) is 88.4 Å². The van der Waals surface area contributed by atoms with Gasteiger partial charge in [-0.15, -0.1) is 0 Å². The Bertz CT molecular complexity index is 1230. The van der Waals surface area contributed by atoms with Crippen LogP contribution in [0.4, 0.5) is 5.69 Å². The molecule has 1 aliphatic carbocycles. The predicted octanol–water partition coefficient (Wildman–Crippen LogP) is 4.58. The quantitative estimate of drug-likeness (QED) is 0.602. The number of hydrogen-bond donors (Lipinski definition) is 1. The third kappa shape index (κ3) is 4.21. The maximum Gasteiger partial charge on any atom is 0.294 e. The maximum atomic E-state index is 13.5. The van der Waals surface area contributed by atoms with E-state index in [-0.39, 0.29) is 18.2 Å². The lowest BCUT2D eigenvalue weighted by molar-refractivity contribution is -0.120. The number of nitrogens with zero attached hydrogens (tertiary/aromatic N) is 2. The topological polar surface area (TPSA) is 74.9 Å². The maximum absolute atomic E-state index is 13.5. The second kappa shape index (κ2) is 9.06. The molecule has 2 aliphatic rings. The number of hydrazone groups is 1. The molecule has 0 unspecified atom stereocenters. The normalized spacial score (nSPS) is 16.3. The van der Waals surface area contributed by atoms with Gasteiger partial charge < -0.3 is 9.32 Å². The van der Waals surface area contributed by atoms with Gasteiger partial charge in [0.15, 0.2) is 5.76 Å². The molecular formula is C27H27N3O3. The number of carbonyl (C=O) groups is 2. The number of para-hydroxylation sites is 1. The number of nitrogens with one attached hydrogen (secondary N) is 1. The zero-order chi connectivity index (χ0) is 22.8. The minimum atomic E-state index is -0.164. The van der Waals surface area contributed by atoms with Crippen LogP contribution in [0.1, 0.15) is 57.8 Å². The van der Waals surface area contributed by atoms with Crippen molar-refractivity contribution in [2.75, 3.05) is 11.4 Å². The molecule has 168 valence electrons. The highest BCUT2D eigenvalue weighted by Crippen LogP contribution is 2.33. The van der Waals surface area contributed by atoms with Crippen molar-refractivity contribution in [1.29, 1.82) is 0 Å². The Morgan fingerprint density at radius 2 is 1.79 bits per heavy atom. The van der Waals surface area contributed by atoms with Crippen molar-refractivity contribution in [2.45, 2.75) is 45.4 Å². The van der Waals surface area contributed by atoms with Crippen LogP contribution in [-0.2, 0) is 24.1 Å². The number of amides is 2. The van der Waals surface area contributed by atoms with Crippen LogP contribution in [0.5, 0.6) is 0 Å². The minimum Gasteiger partial charge on any atom is -0.455 e. The standard InChI is InChI=1S/C27H27N3O3/c1-18-25-21(28-29-24(31)17-19-9-3-2-4-10-19)13-7-15-23(25)33-26(18)27(32)30-16-8-12-20-11-5-6-14-22(20)30/h2-6,9-11,14H,7-8,12-13,15-17H2,1H3,(H,29,31)/b28-21+. The van der Waals surface area contributed by atoms with E-state index in [0.29, 0.717) is 12.3 Å². The number of anilines is 1. The van der Waals surface area contributed by atoms with Gasteiger partial charge in [-0.25, -0.2) is 5.43 Å². The molecule has 0 spiro atoms. The number of hydrogen-bond acceptors (Lipinski definition) is 4. The Morgan fingerprint density at radius 1 is 1.00 bits per heavy atom. The number of fused-ring (bicyclic) bond motifs is 2. The Morgan fingerprint density at radius 3 is 2.64 bits per heavy atom. The number of benzene rings is 2. The van der Waals surface area contributed by atoms with Gasteiger partial charge in [-0.2, -0.15) is 5.10 Å². The molecule has 6 heteroatoms. The number of furan rings is 1. The summed E-state index contributed by atoms with van der Waals surface area (Å²) in [6, 6.07) is 17.6. The molecule has 0 fully saturated rings.